The number of carbonyl (C=O) groups is 1. The van der Waals surface area contributed by atoms with Gasteiger partial charge in [-0.15, -0.1) is 11.3 Å². The van der Waals surface area contributed by atoms with E-state index in [2.05, 4.69) is 15.3 Å². The van der Waals surface area contributed by atoms with E-state index in [4.69, 9.17) is 0 Å². The van der Waals surface area contributed by atoms with Gasteiger partial charge < -0.3 is 5.32 Å². The number of amides is 1. The zero-order chi connectivity index (χ0) is 13.2. The standard InChI is InChI=1S/C13H12N4OS/c1-9-7-17-8-11(16-13(17)19-9)12(18)15-6-10-2-4-14-5-3-10/h2-5,7-8H,6H2,1H3,(H,15,18). The fourth-order valence-corrected chi connectivity index (χ4v) is 2.60. The zero-order valence-electron chi connectivity index (χ0n) is 10.3. The third kappa shape index (κ3) is 2.48. The van der Waals surface area contributed by atoms with Gasteiger partial charge in [0.1, 0.15) is 5.69 Å². The lowest BCUT2D eigenvalue weighted by atomic mass is 10.2. The van der Waals surface area contributed by atoms with Crippen molar-refractivity contribution in [3.8, 4) is 0 Å². The highest BCUT2D eigenvalue weighted by atomic mass is 32.1. The van der Waals surface area contributed by atoms with Gasteiger partial charge >= 0.3 is 0 Å². The van der Waals surface area contributed by atoms with Crippen molar-refractivity contribution >= 4 is 22.2 Å². The van der Waals surface area contributed by atoms with Crippen LogP contribution in [-0.4, -0.2) is 20.3 Å². The Labute approximate surface area is 113 Å². The number of pyridine rings is 1. The molecule has 3 aromatic rings. The Morgan fingerprint density at radius 3 is 2.89 bits per heavy atom. The number of hydrogen-bond acceptors (Lipinski definition) is 4. The highest BCUT2D eigenvalue weighted by Gasteiger charge is 2.11. The number of thiazole rings is 1. The molecule has 0 fully saturated rings. The largest absolute Gasteiger partial charge is 0.347 e. The number of rotatable bonds is 3. The molecule has 0 unspecified atom stereocenters. The molecule has 5 nitrogen and oxygen atoms in total. The molecule has 19 heavy (non-hydrogen) atoms. The first-order chi connectivity index (χ1) is 9.22. The number of aromatic nitrogens is 3. The van der Waals surface area contributed by atoms with Gasteiger partial charge in [0.15, 0.2) is 4.96 Å². The molecular weight excluding hydrogens is 260 g/mol. The van der Waals surface area contributed by atoms with E-state index < -0.39 is 0 Å². The summed E-state index contributed by atoms with van der Waals surface area (Å²) in [6.45, 7) is 2.49. The van der Waals surface area contributed by atoms with Crippen LogP contribution in [0.3, 0.4) is 0 Å². The summed E-state index contributed by atoms with van der Waals surface area (Å²) in [5.41, 5.74) is 1.46. The Morgan fingerprint density at radius 1 is 1.37 bits per heavy atom. The fraction of sp³-hybridized carbons (Fsp3) is 0.154. The van der Waals surface area contributed by atoms with Crippen molar-refractivity contribution in [1.82, 2.24) is 19.7 Å². The monoisotopic (exact) mass is 272 g/mol. The molecule has 0 spiro atoms. The fourth-order valence-electron chi connectivity index (χ4n) is 1.79. The molecule has 3 heterocycles. The average Bonchev–Trinajstić information content (AvgIpc) is 2.94. The molecule has 0 saturated carbocycles. The van der Waals surface area contributed by atoms with Crippen LogP contribution in [0.15, 0.2) is 36.9 Å². The highest BCUT2D eigenvalue weighted by molar-refractivity contribution is 7.17. The topological polar surface area (TPSA) is 59.3 Å². The van der Waals surface area contributed by atoms with E-state index in [1.807, 2.05) is 29.7 Å². The van der Waals surface area contributed by atoms with Crippen LogP contribution in [0.25, 0.3) is 4.96 Å². The van der Waals surface area contributed by atoms with Crippen molar-refractivity contribution in [2.24, 2.45) is 0 Å². The zero-order valence-corrected chi connectivity index (χ0v) is 11.1. The summed E-state index contributed by atoms with van der Waals surface area (Å²) < 4.78 is 1.88. The van der Waals surface area contributed by atoms with Gasteiger partial charge in [0.05, 0.1) is 0 Å². The first-order valence-electron chi connectivity index (χ1n) is 5.84. The maximum atomic E-state index is 12.0. The van der Waals surface area contributed by atoms with E-state index in [1.54, 1.807) is 29.9 Å². The minimum Gasteiger partial charge on any atom is -0.347 e. The second-order valence-corrected chi connectivity index (χ2v) is 5.41. The van der Waals surface area contributed by atoms with Gasteiger partial charge in [0, 0.05) is 36.2 Å². The summed E-state index contributed by atoms with van der Waals surface area (Å²) in [5.74, 6) is -0.162. The Morgan fingerprint density at radius 2 is 2.16 bits per heavy atom. The normalized spacial score (nSPS) is 10.8. The summed E-state index contributed by atoms with van der Waals surface area (Å²) in [5, 5.41) is 2.84. The van der Waals surface area contributed by atoms with Crippen LogP contribution >= 0.6 is 11.3 Å². The minimum absolute atomic E-state index is 0.162. The maximum absolute atomic E-state index is 12.0. The molecule has 1 amide bonds. The number of fused-ring (bicyclic) bond motifs is 1. The van der Waals surface area contributed by atoms with Crippen molar-refractivity contribution in [3.63, 3.8) is 0 Å². The van der Waals surface area contributed by atoms with E-state index in [0.29, 0.717) is 12.2 Å². The second kappa shape index (κ2) is 4.81. The molecule has 1 N–H and O–H groups in total. The van der Waals surface area contributed by atoms with E-state index >= 15 is 0 Å². The lowest BCUT2D eigenvalue weighted by Crippen LogP contribution is -2.23. The van der Waals surface area contributed by atoms with E-state index in [-0.39, 0.29) is 5.91 Å². The molecule has 0 bridgehead atoms. The van der Waals surface area contributed by atoms with Crippen molar-refractivity contribution in [2.45, 2.75) is 13.5 Å². The number of hydrogen-bond donors (Lipinski definition) is 1. The Hall–Kier alpha value is -2.21. The summed E-state index contributed by atoms with van der Waals surface area (Å²) >= 11 is 1.57. The molecule has 3 aromatic heterocycles. The van der Waals surface area contributed by atoms with Crippen LogP contribution in [0.5, 0.6) is 0 Å². The van der Waals surface area contributed by atoms with Crippen LogP contribution in [-0.2, 0) is 6.54 Å². The third-order valence-electron chi connectivity index (χ3n) is 2.71. The van der Waals surface area contributed by atoms with Gasteiger partial charge in [-0.3, -0.25) is 14.2 Å². The average molecular weight is 272 g/mol. The molecule has 0 radical (unpaired) electrons. The van der Waals surface area contributed by atoms with Gasteiger partial charge in [-0.25, -0.2) is 4.98 Å². The van der Waals surface area contributed by atoms with Gasteiger partial charge in [-0.1, -0.05) is 0 Å². The molecule has 0 aliphatic heterocycles. The first-order valence-corrected chi connectivity index (χ1v) is 6.66. The number of carbonyl (C=O) groups excluding carboxylic acids is 1. The first kappa shape index (κ1) is 11.9. The molecule has 0 aromatic carbocycles. The van der Waals surface area contributed by atoms with E-state index in [9.17, 15) is 4.79 Å². The van der Waals surface area contributed by atoms with Gasteiger partial charge in [0.25, 0.3) is 5.91 Å². The highest BCUT2D eigenvalue weighted by Crippen LogP contribution is 2.16. The number of aryl methyl sites for hydroxylation is 1. The summed E-state index contributed by atoms with van der Waals surface area (Å²) in [6.07, 6.45) is 7.13. The third-order valence-corrected chi connectivity index (χ3v) is 3.62. The predicted molar refractivity (Wildman–Crippen MR) is 73.2 cm³/mol. The van der Waals surface area contributed by atoms with Crippen LogP contribution < -0.4 is 5.32 Å². The molecule has 6 heteroatoms. The maximum Gasteiger partial charge on any atom is 0.271 e. The minimum atomic E-state index is -0.162. The van der Waals surface area contributed by atoms with Crippen molar-refractivity contribution in [1.29, 1.82) is 0 Å². The van der Waals surface area contributed by atoms with Crippen molar-refractivity contribution in [3.05, 3.63) is 53.1 Å². The van der Waals surface area contributed by atoms with Crippen LogP contribution in [0, 0.1) is 6.92 Å². The Bertz CT molecular complexity index is 685. The molecule has 96 valence electrons. The summed E-state index contributed by atoms with van der Waals surface area (Å²) in [7, 11) is 0. The molecule has 3 rings (SSSR count). The van der Waals surface area contributed by atoms with E-state index in [1.165, 1.54) is 4.88 Å². The van der Waals surface area contributed by atoms with Crippen LogP contribution in [0.1, 0.15) is 20.9 Å². The molecule has 0 saturated heterocycles. The van der Waals surface area contributed by atoms with Gasteiger partial charge in [-0.05, 0) is 24.6 Å². The Balaban J connectivity index is 1.71. The number of nitrogens with zero attached hydrogens (tertiary/aromatic N) is 3. The molecule has 0 atom stereocenters. The molecule has 0 aliphatic rings. The summed E-state index contributed by atoms with van der Waals surface area (Å²) in [4.78, 5) is 22.2. The number of nitrogens with one attached hydrogen (secondary N) is 1. The molecule has 0 aliphatic carbocycles. The lowest BCUT2D eigenvalue weighted by Gasteiger charge is -2.02. The van der Waals surface area contributed by atoms with Crippen LogP contribution in [0.2, 0.25) is 0 Å². The quantitative estimate of drug-likeness (QED) is 0.793. The lowest BCUT2D eigenvalue weighted by molar-refractivity contribution is 0.0946. The predicted octanol–water partition coefficient (Wildman–Crippen LogP) is 2.03. The van der Waals surface area contributed by atoms with E-state index in [0.717, 1.165) is 10.5 Å². The van der Waals surface area contributed by atoms with Gasteiger partial charge in [0.2, 0.25) is 0 Å². The number of imidazole rings is 1. The van der Waals surface area contributed by atoms with Crippen molar-refractivity contribution in [2.75, 3.05) is 0 Å². The Kier molecular flexibility index (Phi) is 3.00. The van der Waals surface area contributed by atoms with Crippen molar-refractivity contribution < 1.29 is 4.79 Å². The SMILES string of the molecule is Cc1cn2cc(C(=O)NCc3ccncc3)nc2s1. The smallest absolute Gasteiger partial charge is 0.271 e. The second-order valence-electron chi connectivity index (χ2n) is 4.20. The van der Waals surface area contributed by atoms with Gasteiger partial charge in [-0.2, -0.15) is 0 Å². The summed E-state index contributed by atoms with van der Waals surface area (Å²) in [6, 6.07) is 3.74. The molecular formula is C13H12N4OS. The van der Waals surface area contributed by atoms with Crippen LogP contribution in [0.4, 0.5) is 0 Å².